The van der Waals surface area contributed by atoms with Crippen molar-refractivity contribution in [3.63, 3.8) is 0 Å². The molecule has 4 nitrogen and oxygen atoms in total. The molecule has 1 aromatic heterocycles. The number of nitrogens with zero attached hydrogens (tertiary/aromatic N) is 1. The molecular weight excluding hydrogens is 254 g/mol. The number of amides is 1. The normalized spacial score (nSPS) is 10.5. The SMILES string of the molecule is CCCNC(=O)c1cc(-c2ccc(F)c(F)c2)on1. The summed E-state index contributed by atoms with van der Waals surface area (Å²) in [5.41, 5.74) is 0.425. The molecule has 0 saturated heterocycles. The number of hydrogen-bond acceptors (Lipinski definition) is 3. The third-order valence-corrected chi connectivity index (χ3v) is 2.48. The first-order valence-corrected chi connectivity index (χ1v) is 5.82. The maximum Gasteiger partial charge on any atom is 0.273 e. The zero-order valence-corrected chi connectivity index (χ0v) is 10.2. The molecule has 0 radical (unpaired) electrons. The molecule has 0 spiro atoms. The van der Waals surface area contributed by atoms with Crippen LogP contribution in [0, 0.1) is 11.6 Å². The summed E-state index contributed by atoms with van der Waals surface area (Å²) in [6.07, 6.45) is 0.805. The number of carbonyl (C=O) groups is 1. The highest BCUT2D eigenvalue weighted by Crippen LogP contribution is 2.22. The summed E-state index contributed by atoms with van der Waals surface area (Å²) in [6, 6.07) is 4.72. The highest BCUT2D eigenvalue weighted by Gasteiger charge is 2.14. The van der Waals surface area contributed by atoms with E-state index >= 15 is 0 Å². The van der Waals surface area contributed by atoms with Gasteiger partial charge >= 0.3 is 0 Å². The molecule has 0 atom stereocenters. The van der Waals surface area contributed by atoms with E-state index in [-0.39, 0.29) is 17.4 Å². The van der Waals surface area contributed by atoms with E-state index in [1.807, 2.05) is 6.92 Å². The summed E-state index contributed by atoms with van der Waals surface area (Å²) in [4.78, 5) is 11.6. The molecule has 0 bridgehead atoms. The average Bonchev–Trinajstić information content (AvgIpc) is 2.89. The summed E-state index contributed by atoms with van der Waals surface area (Å²) in [5, 5.41) is 6.23. The average molecular weight is 266 g/mol. The first-order valence-electron chi connectivity index (χ1n) is 5.82. The third-order valence-electron chi connectivity index (χ3n) is 2.48. The topological polar surface area (TPSA) is 55.1 Å². The van der Waals surface area contributed by atoms with Gasteiger partial charge in [-0.05, 0) is 24.6 Å². The minimum atomic E-state index is -0.981. The van der Waals surface area contributed by atoms with Gasteiger partial charge in [0.2, 0.25) is 0 Å². The summed E-state index contributed by atoms with van der Waals surface area (Å²) in [5.74, 6) is -2.07. The predicted octanol–water partition coefficient (Wildman–Crippen LogP) is 2.76. The van der Waals surface area contributed by atoms with Gasteiger partial charge in [0.1, 0.15) is 0 Å². The van der Waals surface area contributed by atoms with Gasteiger partial charge in [-0.3, -0.25) is 4.79 Å². The second-order valence-electron chi connectivity index (χ2n) is 3.96. The summed E-state index contributed by atoms with van der Waals surface area (Å²) < 4.78 is 30.8. The van der Waals surface area contributed by atoms with Crippen LogP contribution in [0.15, 0.2) is 28.8 Å². The monoisotopic (exact) mass is 266 g/mol. The van der Waals surface area contributed by atoms with Crippen LogP contribution in [0.25, 0.3) is 11.3 Å². The molecule has 6 heteroatoms. The second-order valence-corrected chi connectivity index (χ2v) is 3.96. The Kier molecular flexibility index (Phi) is 3.89. The number of nitrogens with one attached hydrogen (secondary N) is 1. The maximum atomic E-state index is 13.1. The Morgan fingerprint density at radius 1 is 1.32 bits per heavy atom. The van der Waals surface area contributed by atoms with Gasteiger partial charge in [0, 0.05) is 18.2 Å². The van der Waals surface area contributed by atoms with Crippen molar-refractivity contribution >= 4 is 5.91 Å². The molecule has 1 heterocycles. The Balaban J connectivity index is 2.20. The van der Waals surface area contributed by atoms with Crippen molar-refractivity contribution < 1.29 is 18.1 Å². The van der Waals surface area contributed by atoms with Gasteiger partial charge in [0.15, 0.2) is 23.1 Å². The Hall–Kier alpha value is -2.24. The van der Waals surface area contributed by atoms with Crippen LogP contribution in [0.5, 0.6) is 0 Å². The molecule has 2 aromatic rings. The fourth-order valence-corrected chi connectivity index (χ4v) is 1.50. The van der Waals surface area contributed by atoms with Crippen molar-refractivity contribution in [3.05, 3.63) is 41.6 Å². The summed E-state index contributed by atoms with van der Waals surface area (Å²) in [7, 11) is 0. The van der Waals surface area contributed by atoms with E-state index in [4.69, 9.17) is 4.52 Å². The van der Waals surface area contributed by atoms with Crippen LogP contribution in [0.4, 0.5) is 8.78 Å². The standard InChI is InChI=1S/C13H12F2N2O2/c1-2-5-16-13(18)11-7-12(19-17-11)8-3-4-9(14)10(15)6-8/h3-4,6-7H,2,5H2,1H3,(H,16,18). The Morgan fingerprint density at radius 3 is 2.79 bits per heavy atom. The molecule has 100 valence electrons. The minimum Gasteiger partial charge on any atom is -0.355 e. The molecular formula is C13H12F2N2O2. The van der Waals surface area contributed by atoms with Crippen LogP contribution in [0.1, 0.15) is 23.8 Å². The van der Waals surface area contributed by atoms with E-state index in [0.717, 1.165) is 18.6 Å². The van der Waals surface area contributed by atoms with Crippen molar-refractivity contribution in [3.8, 4) is 11.3 Å². The van der Waals surface area contributed by atoms with Crippen LogP contribution in [0.2, 0.25) is 0 Å². The molecule has 0 aliphatic carbocycles. The van der Waals surface area contributed by atoms with Crippen molar-refractivity contribution in [2.24, 2.45) is 0 Å². The Labute approximate surface area is 108 Å². The van der Waals surface area contributed by atoms with Crippen LogP contribution < -0.4 is 5.32 Å². The van der Waals surface area contributed by atoms with E-state index in [0.29, 0.717) is 12.1 Å². The fraction of sp³-hybridized carbons (Fsp3) is 0.231. The molecule has 0 saturated carbocycles. The van der Waals surface area contributed by atoms with E-state index in [9.17, 15) is 13.6 Å². The third kappa shape index (κ3) is 2.96. The molecule has 0 unspecified atom stereocenters. The molecule has 0 aliphatic rings. The van der Waals surface area contributed by atoms with Crippen molar-refractivity contribution in [2.75, 3.05) is 6.54 Å². The van der Waals surface area contributed by atoms with E-state index in [1.54, 1.807) is 0 Å². The van der Waals surface area contributed by atoms with Gasteiger partial charge in [-0.25, -0.2) is 8.78 Å². The van der Waals surface area contributed by atoms with Gasteiger partial charge in [-0.1, -0.05) is 12.1 Å². The number of halogens is 2. The number of benzene rings is 1. The van der Waals surface area contributed by atoms with Gasteiger partial charge < -0.3 is 9.84 Å². The van der Waals surface area contributed by atoms with E-state index < -0.39 is 11.6 Å². The fourth-order valence-electron chi connectivity index (χ4n) is 1.50. The molecule has 1 aromatic carbocycles. The van der Waals surface area contributed by atoms with Crippen molar-refractivity contribution in [1.29, 1.82) is 0 Å². The van der Waals surface area contributed by atoms with Gasteiger partial charge in [0.25, 0.3) is 5.91 Å². The first-order chi connectivity index (χ1) is 9.11. The van der Waals surface area contributed by atoms with Gasteiger partial charge in [-0.15, -0.1) is 0 Å². The first kappa shape index (κ1) is 13.2. The lowest BCUT2D eigenvalue weighted by atomic mass is 10.1. The van der Waals surface area contributed by atoms with Crippen LogP contribution in [0.3, 0.4) is 0 Å². The van der Waals surface area contributed by atoms with Crippen LogP contribution in [-0.4, -0.2) is 17.6 Å². The Morgan fingerprint density at radius 2 is 2.11 bits per heavy atom. The number of hydrogen-bond donors (Lipinski definition) is 1. The number of rotatable bonds is 4. The molecule has 0 fully saturated rings. The zero-order chi connectivity index (χ0) is 13.8. The largest absolute Gasteiger partial charge is 0.355 e. The molecule has 1 amide bonds. The zero-order valence-electron chi connectivity index (χ0n) is 10.2. The molecule has 1 N–H and O–H groups in total. The highest BCUT2D eigenvalue weighted by molar-refractivity contribution is 5.93. The van der Waals surface area contributed by atoms with Gasteiger partial charge in [0.05, 0.1) is 0 Å². The lowest BCUT2D eigenvalue weighted by Crippen LogP contribution is -2.24. The quantitative estimate of drug-likeness (QED) is 0.925. The second kappa shape index (κ2) is 5.60. The summed E-state index contributed by atoms with van der Waals surface area (Å²) >= 11 is 0. The summed E-state index contributed by atoms with van der Waals surface area (Å²) in [6.45, 7) is 2.46. The van der Waals surface area contributed by atoms with Crippen molar-refractivity contribution in [1.82, 2.24) is 10.5 Å². The minimum absolute atomic E-state index is 0.105. The molecule has 19 heavy (non-hydrogen) atoms. The molecule has 0 aliphatic heterocycles. The Bertz CT molecular complexity index is 596. The number of aromatic nitrogens is 1. The lowest BCUT2D eigenvalue weighted by Gasteiger charge is -1.97. The van der Waals surface area contributed by atoms with Crippen molar-refractivity contribution in [2.45, 2.75) is 13.3 Å². The smallest absolute Gasteiger partial charge is 0.273 e. The molecule has 2 rings (SSSR count). The van der Waals surface area contributed by atoms with Crippen LogP contribution >= 0.6 is 0 Å². The van der Waals surface area contributed by atoms with E-state index in [2.05, 4.69) is 10.5 Å². The van der Waals surface area contributed by atoms with Crippen LogP contribution in [-0.2, 0) is 0 Å². The highest BCUT2D eigenvalue weighted by atomic mass is 19.2. The predicted molar refractivity (Wildman–Crippen MR) is 64.5 cm³/mol. The maximum absolute atomic E-state index is 13.1. The lowest BCUT2D eigenvalue weighted by molar-refractivity contribution is 0.0944. The van der Waals surface area contributed by atoms with Gasteiger partial charge in [-0.2, -0.15) is 0 Å². The number of carbonyl (C=O) groups excluding carboxylic acids is 1. The van der Waals surface area contributed by atoms with E-state index in [1.165, 1.54) is 12.1 Å².